The lowest BCUT2D eigenvalue weighted by molar-refractivity contribution is -0.127. The zero-order valence-corrected chi connectivity index (χ0v) is 21.4. The standard InChI is InChI=1S/C28H28FN7O3/c1-3-22(37)35-13-5-6-19(15-35)36-27-23(26(30)32-16-33-27)25(34-36)18-11-9-17(10-12-18)14-31-28(38)20-7-4-8-21(39-2)24(20)29/h3-4,7-12,16,19H,1,5-6,13-15H2,2H3,(H,31,38)(H2,30,32,33)/t19-/m1/s1. The van der Waals surface area contributed by atoms with E-state index >= 15 is 0 Å². The molecule has 4 aromatic rings. The number of benzene rings is 2. The van der Waals surface area contributed by atoms with Crippen molar-refractivity contribution >= 4 is 28.7 Å². The average Bonchev–Trinajstić information content (AvgIpc) is 3.37. The number of amides is 2. The molecule has 1 saturated heterocycles. The van der Waals surface area contributed by atoms with Gasteiger partial charge in [-0.2, -0.15) is 5.10 Å². The number of halogens is 1. The Kier molecular flexibility index (Phi) is 7.22. The second kappa shape index (κ2) is 10.9. The van der Waals surface area contributed by atoms with Crippen LogP contribution in [0.5, 0.6) is 5.75 Å². The van der Waals surface area contributed by atoms with Gasteiger partial charge in [-0.15, -0.1) is 0 Å². The minimum atomic E-state index is -0.704. The van der Waals surface area contributed by atoms with Crippen molar-refractivity contribution in [2.75, 3.05) is 25.9 Å². The highest BCUT2D eigenvalue weighted by Crippen LogP contribution is 2.34. The Morgan fingerprint density at radius 2 is 2.03 bits per heavy atom. The van der Waals surface area contributed by atoms with E-state index in [2.05, 4.69) is 21.9 Å². The van der Waals surface area contributed by atoms with Crippen LogP contribution < -0.4 is 15.8 Å². The van der Waals surface area contributed by atoms with E-state index in [1.165, 1.54) is 31.6 Å². The number of likely N-dealkylation sites (tertiary alicyclic amines) is 1. The fraction of sp³-hybridized carbons (Fsp3) is 0.250. The lowest BCUT2D eigenvalue weighted by Gasteiger charge is -2.32. The number of nitrogens with two attached hydrogens (primary N) is 1. The fourth-order valence-corrected chi connectivity index (χ4v) is 4.84. The lowest BCUT2D eigenvalue weighted by atomic mass is 10.1. The second-order valence-electron chi connectivity index (χ2n) is 9.24. The van der Waals surface area contributed by atoms with Crippen molar-refractivity contribution in [1.82, 2.24) is 30.0 Å². The van der Waals surface area contributed by atoms with Gasteiger partial charge in [0.25, 0.3) is 5.91 Å². The van der Waals surface area contributed by atoms with Gasteiger partial charge in [-0.3, -0.25) is 9.59 Å². The molecule has 0 aliphatic carbocycles. The zero-order chi connectivity index (χ0) is 27.5. The molecule has 0 unspecified atom stereocenters. The predicted octanol–water partition coefficient (Wildman–Crippen LogP) is 3.50. The molecule has 1 aliphatic heterocycles. The summed E-state index contributed by atoms with van der Waals surface area (Å²) in [5.74, 6) is -1.03. The molecule has 2 aromatic carbocycles. The molecular weight excluding hydrogens is 501 g/mol. The van der Waals surface area contributed by atoms with Crippen molar-refractivity contribution in [3.63, 3.8) is 0 Å². The third kappa shape index (κ3) is 5.02. The number of fused-ring (bicyclic) bond motifs is 1. The molecule has 0 radical (unpaired) electrons. The highest BCUT2D eigenvalue weighted by molar-refractivity contribution is 5.98. The molecule has 39 heavy (non-hydrogen) atoms. The van der Waals surface area contributed by atoms with E-state index in [4.69, 9.17) is 15.6 Å². The van der Waals surface area contributed by atoms with Crippen LogP contribution in [-0.2, 0) is 11.3 Å². The van der Waals surface area contributed by atoms with E-state index in [-0.39, 0.29) is 29.8 Å². The molecule has 11 heteroatoms. The maximum atomic E-state index is 14.4. The number of piperidine rings is 1. The van der Waals surface area contributed by atoms with Gasteiger partial charge in [0.1, 0.15) is 17.8 Å². The maximum Gasteiger partial charge on any atom is 0.254 e. The molecule has 2 aromatic heterocycles. The molecule has 5 rings (SSSR count). The van der Waals surface area contributed by atoms with E-state index in [1.807, 2.05) is 28.9 Å². The van der Waals surface area contributed by atoms with Gasteiger partial charge in [0.15, 0.2) is 17.2 Å². The number of carbonyl (C=O) groups excluding carboxylic acids is 2. The van der Waals surface area contributed by atoms with Crippen LogP contribution in [0.1, 0.15) is 34.8 Å². The van der Waals surface area contributed by atoms with E-state index in [1.54, 1.807) is 11.0 Å². The van der Waals surface area contributed by atoms with Crippen molar-refractivity contribution in [3.8, 4) is 17.0 Å². The summed E-state index contributed by atoms with van der Waals surface area (Å²) in [5.41, 5.74) is 9.02. The van der Waals surface area contributed by atoms with Crippen LogP contribution in [-0.4, -0.2) is 56.7 Å². The van der Waals surface area contributed by atoms with E-state index in [9.17, 15) is 14.0 Å². The Balaban J connectivity index is 1.38. The molecule has 0 spiro atoms. The molecule has 1 atom stereocenters. The molecule has 3 N–H and O–H groups in total. The highest BCUT2D eigenvalue weighted by atomic mass is 19.1. The fourth-order valence-electron chi connectivity index (χ4n) is 4.84. The summed E-state index contributed by atoms with van der Waals surface area (Å²) in [6.45, 7) is 4.97. The molecule has 2 amide bonds. The Hall–Kier alpha value is -4.80. The number of anilines is 1. The normalized spacial score (nSPS) is 15.2. The van der Waals surface area contributed by atoms with Crippen molar-refractivity contribution in [3.05, 3.63) is 78.4 Å². The number of nitrogens with one attached hydrogen (secondary N) is 1. The van der Waals surface area contributed by atoms with Crippen LogP contribution in [0.25, 0.3) is 22.3 Å². The molecule has 1 aliphatic rings. The molecule has 0 bridgehead atoms. The van der Waals surface area contributed by atoms with E-state index < -0.39 is 11.7 Å². The Bertz CT molecular complexity index is 1550. The maximum absolute atomic E-state index is 14.4. The first-order chi connectivity index (χ1) is 18.9. The lowest BCUT2D eigenvalue weighted by Crippen LogP contribution is -2.40. The topological polar surface area (TPSA) is 128 Å². The Labute approximate surface area is 224 Å². The third-order valence-electron chi connectivity index (χ3n) is 6.86. The number of aromatic nitrogens is 4. The SMILES string of the molecule is C=CC(=O)N1CCC[C@@H](n2nc(-c3ccc(CNC(=O)c4cccc(OC)c4F)cc3)c3c(N)ncnc32)C1. The van der Waals surface area contributed by atoms with Crippen LogP contribution >= 0.6 is 0 Å². The van der Waals surface area contributed by atoms with Gasteiger partial charge in [-0.25, -0.2) is 19.0 Å². The third-order valence-corrected chi connectivity index (χ3v) is 6.86. The van der Waals surface area contributed by atoms with Gasteiger partial charge in [-0.05, 0) is 36.6 Å². The number of methoxy groups -OCH3 is 1. The quantitative estimate of drug-likeness (QED) is 0.351. The Morgan fingerprint density at radius 1 is 1.23 bits per heavy atom. The zero-order valence-electron chi connectivity index (χ0n) is 21.4. The van der Waals surface area contributed by atoms with Gasteiger partial charge in [0.2, 0.25) is 5.91 Å². The molecular formula is C28H28FN7O3. The smallest absolute Gasteiger partial charge is 0.254 e. The second-order valence-corrected chi connectivity index (χ2v) is 9.24. The van der Waals surface area contributed by atoms with Crippen LogP contribution in [0.4, 0.5) is 10.2 Å². The van der Waals surface area contributed by atoms with Gasteiger partial charge >= 0.3 is 0 Å². The first-order valence-corrected chi connectivity index (χ1v) is 12.5. The van der Waals surface area contributed by atoms with Gasteiger partial charge in [-0.1, -0.05) is 36.9 Å². The summed E-state index contributed by atoms with van der Waals surface area (Å²) < 4.78 is 21.2. The number of rotatable bonds is 7. The first kappa shape index (κ1) is 25.8. The predicted molar refractivity (Wildman–Crippen MR) is 144 cm³/mol. The summed E-state index contributed by atoms with van der Waals surface area (Å²) in [6, 6.07) is 11.8. The molecule has 3 heterocycles. The minimum Gasteiger partial charge on any atom is -0.494 e. The minimum absolute atomic E-state index is 0.00941. The number of carbonyl (C=O) groups is 2. The number of nitrogen functional groups attached to an aromatic ring is 1. The summed E-state index contributed by atoms with van der Waals surface area (Å²) in [4.78, 5) is 35.2. The summed E-state index contributed by atoms with van der Waals surface area (Å²) in [7, 11) is 1.35. The van der Waals surface area contributed by atoms with Crippen molar-refractivity contribution in [2.24, 2.45) is 0 Å². The number of ether oxygens (including phenoxy) is 1. The number of hydrogen-bond acceptors (Lipinski definition) is 7. The van der Waals surface area contributed by atoms with Crippen molar-refractivity contribution < 1.29 is 18.7 Å². The Morgan fingerprint density at radius 3 is 2.77 bits per heavy atom. The van der Waals surface area contributed by atoms with Crippen LogP contribution in [0, 0.1) is 5.82 Å². The van der Waals surface area contributed by atoms with Crippen LogP contribution in [0.3, 0.4) is 0 Å². The van der Waals surface area contributed by atoms with Gasteiger partial charge < -0.3 is 20.7 Å². The molecule has 1 fully saturated rings. The molecule has 0 saturated carbocycles. The number of nitrogens with zero attached hydrogens (tertiary/aromatic N) is 5. The van der Waals surface area contributed by atoms with Crippen molar-refractivity contribution in [2.45, 2.75) is 25.4 Å². The summed E-state index contributed by atoms with van der Waals surface area (Å²) in [5, 5.41) is 8.26. The largest absolute Gasteiger partial charge is 0.494 e. The molecule has 200 valence electrons. The average molecular weight is 530 g/mol. The monoisotopic (exact) mass is 529 g/mol. The van der Waals surface area contributed by atoms with Gasteiger partial charge in [0, 0.05) is 25.2 Å². The van der Waals surface area contributed by atoms with E-state index in [0.717, 1.165) is 24.0 Å². The van der Waals surface area contributed by atoms with E-state index in [0.29, 0.717) is 35.6 Å². The van der Waals surface area contributed by atoms with Crippen molar-refractivity contribution in [1.29, 1.82) is 0 Å². The highest BCUT2D eigenvalue weighted by Gasteiger charge is 2.28. The summed E-state index contributed by atoms with van der Waals surface area (Å²) in [6.07, 6.45) is 4.41. The number of hydrogen-bond donors (Lipinski definition) is 2. The first-order valence-electron chi connectivity index (χ1n) is 12.5. The van der Waals surface area contributed by atoms with Crippen LogP contribution in [0.2, 0.25) is 0 Å². The summed E-state index contributed by atoms with van der Waals surface area (Å²) >= 11 is 0. The van der Waals surface area contributed by atoms with Crippen LogP contribution in [0.15, 0.2) is 61.4 Å². The van der Waals surface area contributed by atoms with Gasteiger partial charge in [0.05, 0.1) is 24.1 Å². The molecule has 10 nitrogen and oxygen atoms in total.